The summed E-state index contributed by atoms with van der Waals surface area (Å²) in [5.74, 6) is 1.34. The predicted molar refractivity (Wildman–Crippen MR) is 109 cm³/mol. The summed E-state index contributed by atoms with van der Waals surface area (Å²) in [6, 6.07) is 22.8. The van der Waals surface area contributed by atoms with E-state index in [1.54, 1.807) is 0 Å². The average molecular weight is 394 g/mol. The first-order valence-electron chi connectivity index (χ1n) is 9.17. The molecule has 1 aliphatic rings. The Morgan fingerprint density at radius 1 is 0.893 bits per heavy atom. The molecule has 1 heterocycles. The standard InChI is InChI=1S/C23H20ClNO3/c24-19-9-7-18(8-10-19)23(17-4-2-1-3-5-17)25-22(26)15-16-6-11-20-21(14-16)28-13-12-27-20/h1-11,14,23H,12-13,15H2,(H,25,26). The van der Waals surface area contributed by atoms with Crippen molar-refractivity contribution in [3.8, 4) is 11.5 Å². The molecule has 5 heteroatoms. The normalized spacial score (nSPS) is 13.6. The van der Waals surface area contributed by atoms with E-state index >= 15 is 0 Å². The summed E-state index contributed by atoms with van der Waals surface area (Å²) in [5.41, 5.74) is 2.87. The van der Waals surface area contributed by atoms with Crippen molar-refractivity contribution in [1.82, 2.24) is 5.32 Å². The first kappa shape index (κ1) is 18.4. The van der Waals surface area contributed by atoms with Crippen LogP contribution in [-0.2, 0) is 11.2 Å². The number of hydrogen-bond donors (Lipinski definition) is 1. The Kier molecular flexibility index (Phi) is 5.49. The molecule has 1 N–H and O–H groups in total. The zero-order chi connectivity index (χ0) is 19.3. The van der Waals surface area contributed by atoms with E-state index in [1.165, 1.54) is 0 Å². The van der Waals surface area contributed by atoms with Crippen LogP contribution in [0.25, 0.3) is 0 Å². The number of rotatable bonds is 5. The minimum absolute atomic E-state index is 0.0690. The molecule has 1 amide bonds. The Balaban J connectivity index is 1.53. The molecule has 1 atom stereocenters. The third kappa shape index (κ3) is 4.29. The van der Waals surface area contributed by atoms with Crippen LogP contribution in [0.2, 0.25) is 5.02 Å². The van der Waals surface area contributed by atoms with Gasteiger partial charge in [0.1, 0.15) is 13.2 Å². The third-order valence-electron chi connectivity index (χ3n) is 4.61. The summed E-state index contributed by atoms with van der Waals surface area (Å²) in [6.45, 7) is 1.07. The number of halogens is 1. The van der Waals surface area contributed by atoms with Crippen molar-refractivity contribution in [2.45, 2.75) is 12.5 Å². The van der Waals surface area contributed by atoms with E-state index in [-0.39, 0.29) is 18.4 Å². The number of fused-ring (bicyclic) bond motifs is 1. The molecule has 0 aliphatic carbocycles. The zero-order valence-electron chi connectivity index (χ0n) is 15.2. The lowest BCUT2D eigenvalue weighted by Gasteiger charge is -2.21. The second-order valence-electron chi connectivity index (χ2n) is 6.62. The van der Waals surface area contributed by atoms with Crippen LogP contribution in [0.4, 0.5) is 0 Å². The highest BCUT2D eigenvalue weighted by molar-refractivity contribution is 6.30. The lowest BCUT2D eigenvalue weighted by atomic mass is 9.98. The molecule has 0 bridgehead atoms. The van der Waals surface area contributed by atoms with Gasteiger partial charge in [-0.3, -0.25) is 4.79 Å². The average Bonchev–Trinajstić information content (AvgIpc) is 2.73. The van der Waals surface area contributed by atoms with Crippen LogP contribution in [0.3, 0.4) is 0 Å². The van der Waals surface area contributed by atoms with Gasteiger partial charge in [-0.25, -0.2) is 0 Å². The smallest absolute Gasteiger partial charge is 0.225 e. The second-order valence-corrected chi connectivity index (χ2v) is 7.05. The quantitative estimate of drug-likeness (QED) is 0.691. The van der Waals surface area contributed by atoms with Crippen LogP contribution in [0.15, 0.2) is 72.8 Å². The molecule has 0 saturated heterocycles. The Bertz CT molecular complexity index is 957. The van der Waals surface area contributed by atoms with Gasteiger partial charge in [0, 0.05) is 5.02 Å². The van der Waals surface area contributed by atoms with Crippen LogP contribution in [0.5, 0.6) is 11.5 Å². The third-order valence-corrected chi connectivity index (χ3v) is 4.86. The Hall–Kier alpha value is -2.98. The van der Waals surface area contributed by atoms with E-state index in [1.807, 2.05) is 72.8 Å². The molecule has 3 aromatic rings. The van der Waals surface area contributed by atoms with Crippen LogP contribution in [0, 0.1) is 0 Å². The number of hydrogen-bond acceptors (Lipinski definition) is 3. The van der Waals surface area contributed by atoms with Crippen molar-refractivity contribution in [3.05, 3.63) is 94.5 Å². The molecular weight excluding hydrogens is 374 g/mol. The lowest BCUT2D eigenvalue weighted by molar-refractivity contribution is -0.120. The SMILES string of the molecule is O=C(Cc1ccc2c(c1)OCCO2)NC(c1ccccc1)c1ccc(Cl)cc1. The van der Waals surface area contributed by atoms with Gasteiger partial charge >= 0.3 is 0 Å². The van der Waals surface area contributed by atoms with E-state index < -0.39 is 0 Å². The topological polar surface area (TPSA) is 47.6 Å². The molecule has 28 heavy (non-hydrogen) atoms. The van der Waals surface area contributed by atoms with Crippen molar-refractivity contribution >= 4 is 17.5 Å². The van der Waals surface area contributed by atoms with Gasteiger partial charge in [-0.2, -0.15) is 0 Å². The first-order chi connectivity index (χ1) is 13.7. The van der Waals surface area contributed by atoms with Gasteiger partial charge < -0.3 is 14.8 Å². The maximum absolute atomic E-state index is 12.8. The number of benzene rings is 3. The number of ether oxygens (including phenoxy) is 2. The van der Waals surface area contributed by atoms with Crippen molar-refractivity contribution < 1.29 is 14.3 Å². The van der Waals surface area contributed by atoms with Gasteiger partial charge in [-0.05, 0) is 41.0 Å². The zero-order valence-corrected chi connectivity index (χ0v) is 16.0. The number of carbonyl (C=O) groups is 1. The fraction of sp³-hybridized carbons (Fsp3) is 0.174. The molecule has 142 valence electrons. The van der Waals surface area contributed by atoms with Crippen molar-refractivity contribution in [1.29, 1.82) is 0 Å². The maximum Gasteiger partial charge on any atom is 0.225 e. The Morgan fingerprint density at radius 3 is 2.32 bits per heavy atom. The van der Waals surface area contributed by atoms with Crippen molar-refractivity contribution in [2.75, 3.05) is 13.2 Å². The monoisotopic (exact) mass is 393 g/mol. The fourth-order valence-electron chi connectivity index (χ4n) is 3.25. The van der Waals surface area contributed by atoms with Gasteiger partial charge in [-0.15, -0.1) is 0 Å². The first-order valence-corrected chi connectivity index (χ1v) is 9.55. The lowest BCUT2D eigenvalue weighted by Crippen LogP contribution is -2.30. The van der Waals surface area contributed by atoms with Crippen LogP contribution >= 0.6 is 11.6 Å². The van der Waals surface area contributed by atoms with Crippen molar-refractivity contribution in [2.24, 2.45) is 0 Å². The molecule has 4 nitrogen and oxygen atoms in total. The van der Waals surface area contributed by atoms with Crippen LogP contribution in [-0.4, -0.2) is 19.1 Å². The van der Waals surface area contributed by atoms with E-state index in [2.05, 4.69) is 5.32 Å². The van der Waals surface area contributed by atoms with Gasteiger partial charge in [-0.1, -0.05) is 60.1 Å². The molecule has 4 rings (SSSR count). The molecule has 3 aromatic carbocycles. The molecular formula is C23H20ClNO3. The second kappa shape index (κ2) is 8.36. The summed E-state index contributed by atoms with van der Waals surface area (Å²) in [6.07, 6.45) is 0.258. The molecule has 0 radical (unpaired) electrons. The van der Waals surface area contributed by atoms with E-state index in [0.29, 0.717) is 24.0 Å². The summed E-state index contributed by atoms with van der Waals surface area (Å²) in [4.78, 5) is 12.8. The van der Waals surface area contributed by atoms with Crippen molar-refractivity contribution in [3.63, 3.8) is 0 Å². The minimum atomic E-state index is -0.247. The van der Waals surface area contributed by atoms with E-state index in [9.17, 15) is 4.79 Å². The molecule has 0 saturated carbocycles. The largest absolute Gasteiger partial charge is 0.486 e. The summed E-state index contributed by atoms with van der Waals surface area (Å²) < 4.78 is 11.1. The molecule has 1 unspecified atom stereocenters. The van der Waals surface area contributed by atoms with E-state index in [0.717, 1.165) is 22.4 Å². The molecule has 0 spiro atoms. The Labute approximate surface area is 169 Å². The summed E-state index contributed by atoms with van der Waals surface area (Å²) in [7, 11) is 0. The van der Waals surface area contributed by atoms with Gasteiger partial charge in [0.15, 0.2) is 11.5 Å². The van der Waals surface area contributed by atoms with Gasteiger partial charge in [0.05, 0.1) is 12.5 Å². The molecule has 1 aliphatic heterocycles. The highest BCUT2D eigenvalue weighted by Gasteiger charge is 2.18. The number of nitrogens with one attached hydrogen (secondary N) is 1. The predicted octanol–water partition coefficient (Wildman–Crippen LogP) is 4.56. The number of amides is 1. The maximum atomic E-state index is 12.8. The number of carbonyl (C=O) groups excluding carboxylic acids is 1. The fourth-order valence-corrected chi connectivity index (χ4v) is 3.38. The summed E-state index contributed by atoms with van der Waals surface area (Å²) in [5, 5.41) is 3.81. The summed E-state index contributed by atoms with van der Waals surface area (Å²) >= 11 is 6.02. The highest BCUT2D eigenvalue weighted by Crippen LogP contribution is 2.31. The van der Waals surface area contributed by atoms with Gasteiger partial charge in [0.25, 0.3) is 0 Å². The molecule has 0 fully saturated rings. The Morgan fingerprint density at radius 2 is 1.57 bits per heavy atom. The highest BCUT2D eigenvalue weighted by atomic mass is 35.5. The van der Waals surface area contributed by atoms with Gasteiger partial charge in [0.2, 0.25) is 5.91 Å². The van der Waals surface area contributed by atoms with Crippen LogP contribution < -0.4 is 14.8 Å². The molecule has 0 aromatic heterocycles. The van der Waals surface area contributed by atoms with E-state index in [4.69, 9.17) is 21.1 Å². The minimum Gasteiger partial charge on any atom is -0.486 e. The van der Waals surface area contributed by atoms with Crippen LogP contribution in [0.1, 0.15) is 22.7 Å².